The first-order valence-electron chi connectivity index (χ1n) is 5.66. The number of non-ortho nitro benzene ring substituents is 1. The number of esters is 1. The Kier molecular flexibility index (Phi) is 5.86. The van der Waals surface area contributed by atoms with Crippen molar-refractivity contribution in [2.75, 3.05) is 12.5 Å². The number of nitro benzene ring substituents is 1. The van der Waals surface area contributed by atoms with Crippen LogP contribution in [0.1, 0.15) is 12.5 Å². The van der Waals surface area contributed by atoms with E-state index in [0.29, 0.717) is 5.56 Å². The van der Waals surface area contributed by atoms with Gasteiger partial charge in [0.25, 0.3) is 5.69 Å². The molecule has 20 heavy (non-hydrogen) atoms. The highest BCUT2D eigenvalue weighted by molar-refractivity contribution is 6.20. The van der Waals surface area contributed by atoms with Crippen molar-refractivity contribution in [1.29, 1.82) is 0 Å². The number of nitrogens with zero attached hydrogens (tertiary/aromatic N) is 1. The van der Waals surface area contributed by atoms with Crippen LogP contribution in [-0.2, 0) is 14.3 Å². The number of carbonyl (C=O) groups is 2. The van der Waals surface area contributed by atoms with E-state index < -0.39 is 16.7 Å². The first kappa shape index (κ1) is 15.8. The molecular weight excluding hydrogens is 286 g/mol. The molecule has 0 atom stereocenters. The molecule has 0 N–H and O–H groups in total. The first-order chi connectivity index (χ1) is 9.45. The molecule has 0 aliphatic carbocycles. The number of Topliss-reactive ketones (excluding diaryl/α,β-unsaturated/α-hetero) is 1. The lowest BCUT2D eigenvalue weighted by molar-refractivity contribution is -0.384. The quantitative estimate of drug-likeness (QED) is 0.153. The molecule has 0 aliphatic heterocycles. The van der Waals surface area contributed by atoms with Crippen LogP contribution in [0.15, 0.2) is 29.8 Å². The van der Waals surface area contributed by atoms with Gasteiger partial charge < -0.3 is 4.74 Å². The largest absolute Gasteiger partial charge is 0.461 e. The van der Waals surface area contributed by atoms with Crippen LogP contribution in [0.4, 0.5) is 5.69 Å². The normalized spacial score (nSPS) is 11.0. The molecule has 6 nitrogen and oxygen atoms in total. The number of nitro groups is 1. The van der Waals surface area contributed by atoms with E-state index in [1.165, 1.54) is 31.2 Å². The molecule has 0 amide bonds. The van der Waals surface area contributed by atoms with Crippen LogP contribution in [0.2, 0.25) is 0 Å². The van der Waals surface area contributed by atoms with Crippen molar-refractivity contribution >= 4 is 35.1 Å². The van der Waals surface area contributed by atoms with Crippen LogP contribution in [0.25, 0.3) is 6.08 Å². The molecule has 0 aliphatic rings. The van der Waals surface area contributed by atoms with Gasteiger partial charge in [-0.05, 0) is 18.6 Å². The third-order valence-electron chi connectivity index (χ3n) is 2.30. The summed E-state index contributed by atoms with van der Waals surface area (Å²) in [5.41, 5.74) is 0.0543. The summed E-state index contributed by atoms with van der Waals surface area (Å²) in [6, 6.07) is 5.59. The van der Waals surface area contributed by atoms with Gasteiger partial charge in [-0.1, -0.05) is 12.1 Å². The summed E-state index contributed by atoms with van der Waals surface area (Å²) in [5.74, 6) is -1.17. The molecule has 106 valence electrons. The standard InChI is InChI=1S/C13H12ClNO5/c1-9(16)12(13(17)20-6-5-14)8-10-3-2-4-11(7-10)15(18)19/h2-4,7-8H,5-6H2,1H3. The monoisotopic (exact) mass is 297 g/mol. The first-order valence-corrected chi connectivity index (χ1v) is 6.19. The van der Waals surface area contributed by atoms with Gasteiger partial charge in [-0.3, -0.25) is 14.9 Å². The lowest BCUT2D eigenvalue weighted by Crippen LogP contribution is -2.14. The predicted molar refractivity (Wildman–Crippen MR) is 73.4 cm³/mol. The van der Waals surface area contributed by atoms with Crippen molar-refractivity contribution in [1.82, 2.24) is 0 Å². The zero-order valence-corrected chi connectivity index (χ0v) is 11.4. The van der Waals surface area contributed by atoms with E-state index >= 15 is 0 Å². The lowest BCUT2D eigenvalue weighted by atomic mass is 10.1. The zero-order chi connectivity index (χ0) is 15.1. The van der Waals surface area contributed by atoms with E-state index in [4.69, 9.17) is 16.3 Å². The van der Waals surface area contributed by atoms with Crippen molar-refractivity contribution in [3.63, 3.8) is 0 Å². The third kappa shape index (κ3) is 4.47. The fourth-order valence-corrected chi connectivity index (χ4v) is 1.49. The van der Waals surface area contributed by atoms with Crippen LogP contribution >= 0.6 is 11.6 Å². The van der Waals surface area contributed by atoms with Crippen LogP contribution in [0.5, 0.6) is 0 Å². The van der Waals surface area contributed by atoms with Crippen LogP contribution in [0, 0.1) is 10.1 Å². The number of halogens is 1. The molecule has 0 saturated carbocycles. The van der Waals surface area contributed by atoms with Gasteiger partial charge in [-0.2, -0.15) is 0 Å². The molecule has 0 bridgehead atoms. The maximum absolute atomic E-state index is 11.7. The van der Waals surface area contributed by atoms with Gasteiger partial charge in [0.2, 0.25) is 0 Å². The van der Waals surface area contributed by atoms with Gasteiger partial charge in [0.1, 0.15) is 12.2 Å². The SMILES string of the molecule is CC(=O)C(=Cc1cccc([N+](=O)[O-])c1)C(=O)OCCCl. The molecule has 0 fully saturated rings. The second-order valence-electron chi connectivity index (χ2n) is 3.79. The minimum atomic E-state index is -0.801. The number of ether oxygens (including phenoxy) is 1. The summed E-state index contributed by atoms with van der Waals surface area (Å²) in [7, 11) is 0. The van der Waals surface area contributed by atoms with Crippen LogP contribution in [0.3, 0.4) is 0 Å². The van der Waals surface area contributed by atoms with Gasteiger partial charge in [-0.25, -0.2) is 4.79 Å². The Morgan fingerprint density at radius 1 is 1.45 bits per heavy atom. The fraction of sp³-hybridized carbons (Fsp3) is 0.231. The van der Waals surface area contributed by atoms with Crippen molar-refractivity contribution in [3.8, 4) is 0 Å². The Morgan fingerprint density at radius 3 is 2.70 bits per heavy atom. The summed E-state index contributed by atoms with van der Waals surface area (Å²) in [6.45, 7) is 1.20. The predicted octanol–water partition coefficient (Wildman–Crippen LogP) is 2.35. The molecule has 1 rings (SSSR count). The average molecular weight is 298 g/mol. The Morgan fingerprint density at radius 2 is 2.15 bits per heavy atom. The molecule has 0 spiro atoms. The number of hydrogen-bond donors (Lipinski definition) is 0. The summed E-state index contributed by atoms with van der Waals surface area (Å²) in [6.07, 6.45) is 1.26. The molecule has 0 heterocycles. The average Bonchev–Trinajstić information content (AvgIpc) is 2.42. The molecule has 0 unspecified atom stereocenters. The van der Waals surface area contributed by atoms with Gasteiger partial charge >= 0.3 is 5.97 Å². The molecule has 1 aromatic rings. The van der Waals surface area contributed by atoms with Gasteiger partial charge in [0.05, 0.1) is 10.8 Å². The van der Waals surface area contributed by atoms with Crippen molar-refractivity contribution < 1.29 is 19.2 Å². The fourth-order valence-electron chi connectivity index (χ4n) is 1.41. The topological polar surface area (TPSA) is 86.5 Å². The summed E-state index contributed by atoms with van der Waals surface area (Å²) in [4.78, 5) is 33.2. The van der Waals surface area contributed by atoms with E-state index in [0.717, 1.165) is 0 Å². The molecule has 7 heteroatoms. The number of ketones is 1. The second kappa shape index (κ2) is 7.40. The van der Waals surface area contributed by atoms with Crippen LogP contribution < -0.4 is 0 Å². The highest BCUT2D eigenvalue weighted by Gasteiger charge is 2.16. The lowest BCUT2D eigenvalue weighted by Gasteiger charge is -2.04. The van der Waals surface area contributed by atoms with Crippen LogP contribution in [-0.4, -0.2) is 29.2 Å². The maximum atomic E-state index is 11.7. The van der Waals surface area contributed by atoms with Gasteiger partial charge in [0.15, 0.2) is 5.78 Å². The number of benzene rings is 1. The number of carbonyl (C=O) groups excluding carboxylic acids is 2. The molecule has 0 saturated heterocycles. The molecule has 0 aromatic heterocycles. The third-order valence-corrected chi connectivity index (χ3v) is 2.46. The highest BCUT2D eigenvalue weighted by atomic mass is 35.5. The number of rotatable bonds is 6. The summed E-state index contributed by atoms with van der Waals surface area (Å²) < 4.78 is 4.77. The summed E-state index contributed by atoms with van der Waals surface area (Å²) >= 11 is 5.39. The smallest absolute Gasteiger partial charge is 0.341 e. The zero-order valence-electron chi connectivity index (χ0n) is 10.7. The van der Waals surface area contributed by atoms with E-state index in [1.54, 1.807) is 6.07 Å². The van der Waals surface area contributed by atoms with Gasteiger partial charge in [0, 0.05) is 12.1 Å². The van der Waals surface area contributed by atoms with Crippen molar-refractivity contribution in [2.24, 2.45) is 0 Å². The van der Waals surface area contributed by atoms with E-state index in [-0.39, 0.29) is 23.7 Å². The molecule has 1 aromatic carbocycles. The van der Waals surface area contributed by atoms with Crippen molar-refractivity contribution in [2.45, 2.75) is 6.92 Å². The minimum absolute atomic E-state index is 0.0139. The Balaban J connectivity index is 3.08. The minimum Gasteiger partial charge on any atom is -0.461 e. The van der Waals surface area contributed by atoms with Gasteiger partial charge in [-0.15, -0.1) is 11.6 Å². The van der Waals surface area contributed by atoms with E-state index in [2.05, 4.69) is 0 Å². The van der Waals surface area contributed by atoms with E-state index in [1.807, 2.05) is 0 Å². The Labute approximate surface area is 120 Å². The number of alkyl halides is 1. The second-order valence-corrected chi connectivity index (χ2v) is 4.17. The molecule has 0 radical (unpaired) electrons. The molecular formula is C13H12ClNO5. The maximum Gasteiger partial charge on any atom is 0.341 e. The van der Waals surface area contributed by atoms with Crippen molar-refractivity contribution in [3.05, 3.63) is 45.5 Å². The highest BCUT2D eigenvalue weighted by Crippen LogP contribution is 2.16. The van der Waals surface area contributed by atoms with E-state index in [9.17, 15) is 19.7 Å². The Bertz CT molecular complexity index is 568. The summed E-state index contributed by atoms with van der Waals surface area (Å²) in [5, 5.41) is 10.7. The number of hydrogen-bond acceptors (Lipinski definition) is 5. The Hall–Kier alpha value is -2.21.